The van der Waals surface area contributed by atoms with Crippen molar-refractivity contribution in [3.8, 4) is 0 Å². The maximum absolute atomic E-state index is 12.1. The summed E-state index contributed by atoms with van der Waals surface area (Å²) < 4.78 is 5.17. The monoisotopic (exact) mass is 342 g/mol. The van der Waals surface area contributed by atoms with Gasteiger partial charge in [-0.05, 0) is 24.5 Å². The zero-order valence-electron chi connectivity index (χ0n) is 14.9. The van der Waals surface area contributed by atoms with Crippen molar-refractivity contribution in [2.45, 2.75) is 39.0 Å². The molecule has 1 saturated heterocycles. The number of nitrogens with zero attached hydrogens (tertiary/aromatic N) is 3. The summed E-state index contributed by atoms with van der Waals surface area (Å²) in [6, 6.07) is 10.4. The first-order chi connectivity index (χ1) is 12.1. The van der Waals surface area contributed by atoms with Crippen molar-refractivity contribution in [3.63, 3.8) is 0 Å². The predicted molar refractivity (Wildman–Crippen MR) is 96.5 cm³/mol. The quantitative estimate of drug-likeness (QED) is 0.838. The molecule has 0 aliphatic carbocycles. The molecule has 134 valence electrons. The van der Waals surface area contributed by atoms with Gasteiger partial charge in [0.15, 0.2) is 5.82 Å². The van der Waals surface area contributed by atoms with Gasteiger partial charge in [-0.1, -0.05) is 37.2 Å². The Morgan fingerprint density at radius 2 is 2.16 bits per heavy atom. The highest BCUT2D eigenvalue weighted by molar-refractivity contribution is 5.76. The lowest BCUT2D eigenvalue weighted by Gasteiger charge is -2.18. The molecule has 3 rings (SSSR count). The fourth-order valence-electron chi connectivity index (χ4n) is 3.04. The van der Waals surface area contributed by atoms with E-state index in [9.17, 15) is 4.79 Å². The molecule has 1 aliphatic rings. The van der Waals surface area contributed by atoms with Crippen molar-refractivity contribution in [2.24, 2.45) is 5.92 Å². The van der Waals surface area contributed by atoms with Gasteiger partial charge in [-0.25, -0.2) is 0 Å². The number of aromatic nitrogens is 2. The minimum atomic E-state index is 0.0439. The summed E-state index contributed by atoms with van der Waals surface area (Å²) >= 11 is 0. The Bertz CT molecular complexity index is 684. The third kappa shape index (κ3) is 4.81. The van der Waals surface area contributed by atoms with Gasteiger partial charge < -0.3 is 14.7 Å². The van der Waals surface area contributed by atoms with E-state index < -0.39 is 0 Å². The van der Waals surface area contributed by atoms with Crippen LogP contribution < -0.4 is 10.2 Å². The number of benzene rings is 1. The molecule has 0 unspecified atom stereocenters. The van der Waals surface area contributed by atoms with Crippen LogP contribution >= 0.6 is 0 Å². The van der Waals surface area contributed by atoms with Gasteiger partial charge in [0.05, 0.1) is 0 Å². The molecule has 0 bridgehead atoms. The first-order valence-electron chi connectivity index (χ1n) is 9.01. The van der Waals surface area contributed by atoms with Gasteiger partial charge in [0, 0.05) is 44.1 Å². The van der Waals surface area contributed by atoms with Gasteiger partial charge in [0.1, 0.15) is 0 Å². The van der Waals surface area contributed by atoms with Crippen LogP contribution in [0.15, 0.2) is 34.9 Å². The molecular formula is C19H26N4O2. The van der Waals surface area contributed by atoms with Gasteiger partial charge in [-0.15, -0.1) is 0 Å². The first kappa shape index (κ1) is 17.5. The van der Waals surface area contributed by atoms with Crippen molar-refractivity contribution in [2.75, 3.05) is 24.5 Å². The van der Waals surface area contributed by atoms with Crippen LogP contribution in [-0.4, -0.2) is 35.7 Å². The Morgan fingerprint density at radius 3 is 2.88 bits per heavy atom. The highest BCUT2D eigenvalue weighted by atomic mass is 16.5. The molecule has 2 aromatic rings. The summed E-state index contributed by atoms with van der Waals surface area (Å²) in [5.74, 6) is 2.01. The van der Waals surface area contributed by atoms with Crippen LogP contribution in [0, 0.1) is 5.92 Å². The van der Waals surface area contributed by atoms with E-state index in [4.69, 9.17) is 4.52 Å². The fourth-order valence-corrected chi connectivity index (χ4v) is 3.04. The van der Waals surface area contributed by atoms with Crippen LogP contribution in [0.4, 0.5) is 5.69 Å². The van der Waals surface area contributed by atoms with Crippen molar-refractivity contribution in [1.29, 1.82) is 0 Å². The highest BCUT2D eigenvalue weighted by Gasteiger charge is 2.23. The van der Waals surface area contributed by atoms with Gasteiger partial charge >= 0.3 is 0 Å². The Balaban J connectivity index is 1.38. The first-order valence-corrected chi connectivity index (χ1v) is 9.01. The van der Waals surface area contributed by atoms with Crippen LogP contribution in [-0.2, 0) is 11.2 Å². The Hall–Kier alpha value is -2.37. The second-order valence-corrected chi connectivity index (χ2v) is 6.94. The molecule has 0 spiro atoms. The van der Waals surface area contributed by atoms with Crippen molar-refractivity contribution < 1.29 is 9.32 Å². The summed E-state index contributed by atoms with van der Waals surface area (Å²) in [5.41, 5.74) is 1.26. The lowest BCUT2D eigenvalue weighted by Crippen LogP contribution is -2.31. The van der Waals surface area contributed by atoms with E-state index in [1.54, 1.807) is 0 Å². The third-order valence-electron chi connectivity index (χ3n) is 4.56. The molecule has 6 heteroatoms. The number of nitrogens with one attached hydrogen (secondary N) is 1. The molecule has 1 amide bonds. The molecule has 1 fully saturated rings. The molecule has 0 saturated carbocycles. The molecule has 6 nitrogen and oxygen atoms in total. The number of para-hydroxylation sites is 1. The lowest BCUT2D eigenvalue weighted by molar-refractivity contribution is -0.121. The van der Waals surface area contributed by atoms with Gasteiger partial charge in [0.2, 0.25) is 11.8 Å². The van der Waals surface area contributed by atoms with Gasteiger partial charge in [-0.3, -0.25) is 4.79 Å². The largest absolute Gasteiger partial charge is 0.371 e. The Kier molecular flexibility index (Phi) is 5.68. The smallest absolute Gasteiger partial charge is 0.227 e. The number of amides is 1. The van der Waals surface area contributed by atoms with Crippen LogP contribution in [0.3, 0.4) is 0 Å². The number of rotatable bonds is 7. The molecular weight excluding hydrogens is 316 g/mol. The standard InChI is InChI=1S/C19H26N4O2/c1-14(2)19-21-18(25-22-19)9-8-17(24)20-12-15-10-11-23(13-15)16-6-4-3-5-7-16/h3-7,14-15H,8-13H2,1-2H3,(H,20,24)/t15-/m1/s1. The summed E-state index contributed by atoms with van der Waals surface area (Å²) in [7, 11) is 0. The van der Waals surface area contributed by atoms with Crippen LogP contribution in [0.2, 0.25) is 0 Å². The van der Waals surface area contributed by atoms with E-state index >= 15 is 0 Å². The van der Waals surface area contributed by atoms with Crippen molar-refractivity contribution in [3.05, 3.63) is 42.0 Å². The van der Waals surface area contributed by atoms with Crippen LogP contribution in [0.5, 0.6) is 0 Å². The van der Waals surface area contributed by atoms with Gasteiger partial charge in [0.25, 0.3) is 0 Å². The molecule has 1 aromatic heterocycles. The number of hydrogen-bond donors (Lipinski definition) is 1. The topological polar surface area (TPSA) is 71.3 Å². The zero-order valence-corrected chi connectivity index (χ0v) is 14.9. The normalized spacial score (nSPS) is 17.2. The van der Waals surface area contributed by atoms with Gasteiger partial charge in [-0.2, -0.15) is 4.98 Å². The van der Waals surface area contributed by atoms with E-state index in [1.807, 2.05) is 19.9 Å². The second kappa shape index (κ2) is 8.14. The third-order valence-corrected chi connectivity index (χ3v) is 4.56. The number of carbonyl (C=O) groups excluding carboxylic acids is 1. The summed E-state index contributed by atoms with van der Waals surface area (Å²) in [4.78, 5) is 18.7. The summed E-state index contributed by atoms with van der Waals surface area (Å²) in [6.45, 7) is 6.79. The van der Waals surface area contributed by atoms with E-state index in [-0.39, 0.29) is 11.8 Å². The number of carbonyl (C=O) groups is 1. The lowest BCUT2D eigenvalue weighted by atomic mass is 10.1. The number of aryl methyl sites for hydroxylation is 1. The maximum atomic E-state index is 12.1. The average Bonchev–Trinajstić information content (AvgIpc) is 3.28. The molecule has 1 aromatic carbocycles. The summed E-state index contributed by atoms with van der Waals surface area (Å²) in [6.07, 6.45) is 1.98. The SMILES string of the molecule is CC(C)c1noc(CCC(=O)NC[C@H]2CCN(c3ccccc3)C2)n1. The molecule has 2 heterocycles. The van der Waals surface area contributed by atoms with E-state index in [0.717, 1.165) is 26.1 Å². The zero-order chi connectivity index (χ0) is 17.6. The molecule has 1 N–H and O–H groups in total. The van der Waals surface area contributed by atoms with Crippen molar-refractivity contribution >= 4 is 11.6 Å². The molecule has 1 atom stereocenters. The highest BCUT2D eigenvalue weighted by Crippen LogP contribution is 2.22. The molecule has 25 heavy (non-hydrogen) atoms. The minimum absolute atomic E-state index is 0.0439. The fraction of sp³-hybridized carbons (Fsp3) is 0.526. The Morgan fingerprint density at radius 1 is 1.36 bits per heavy atom. The van der Waals surface area contributed by atoms with Crippen LogP contribution in [0.1, 0.15) is 44.3 Å². The van der Waals surface area contributed by atoms with E-state index in [2.05, 4.69) is 44.6 Å². The molecule has 1 aliphatic heterocycles. The second-order valence-electron chi connectivity index (χ2n) is 6.94. The van der Waals surface area contributed by atoms with Crippen LogP contribution in [0.25, 0.3) is 0 Å². The summed E-state index contributed by atoms with van der Waals surface area (Å²) in [5, 5.41) is 6.96. The van der Waals surface area contributed by atoms with E-state index in [0.29, 0.717) is 30.5 Å². The maximum Gasteiger partial charge on any atom is 0.227 e. The van der Waals surface area contributed by atoms with Crippen molar-refractivity contribution in [1.82, 2.24) is 15.5 Å². The number of anilines is 1. The minimum Gasteiger partial charge on any atom is -0.371 e. The Labute approximate surface area is 148 Å². The molecule has 0 radical (unpaired) electrons. The average molecular weight is 342 g/mol. The predicted octanol–water partition coefficient (Wildman–Crippen LogP) is 2.77. The van der Waals surface area contributed by atoms with E-state index in [1.165, 1.54) is 5.69 Å². The number of hydrogen-bond acceptors (Lipinski definition) is 5.